The summed E-state index contributed by atoms with van der Waals surface area (Å²) in [5.41, 5.74) is 0.362. The predicted octanol–water partition coefficient (Wildman–Crippen LogP) is 2.26. The number of aromatic nitrogens is 3. The Morgan fingerprint density at radius 1 is 1.23 bits per heavy atom. The van der Waals surface area contributed by atoms with Gasteiger partial charge < -0.3 is 10.2 Å². The van der Waals surface area contributed by atoms with Gasteiger partial charge in [-0.3, -0.25) is 0 Å². The number of rotatable bonds is 2. The highest BCUT2D eigenvalue weighted by atomic mass is 16.2. The van der Waals surface area contributed by atoms with Gasteiger partial charge in [0.05, 0.1) is 5.69 Å². The molecule has 0 aliphatic carbocycles. The third-order valence-corrected chi connectivity index (χ3v) is 4.52. The Labute approximate surface area is 153 Å². The van der Waals surface area contributed by atoms with E-state index in [0.717, 1.165) is 30.9 Å². The summed E-state index contributed by atoms with van der Waals surface area (Å²) in [6.07, 6.45) is 1.80. The van der Waals surface area contributed by atoms with Crippen molar-refractivity contribution in [2.75, 3.05) is 13.1 Å². The third-order valence-electron chi connectivity index (χ3n) is 4.52. The van der Waals surface area contributed by atoms with E-state index in [1.807, 2.05) is 56.0 Å². The van der Waals surface area contributed by atoms with Crippen molar-refractivity contribution in [1.82, 2.24) is 24.6 Å². The number of benzene rings is 1. The maximum Gasteiger partial charge on any atom is 0.350 e. The van der Waals surface area contributed by atoms with Gasteiger partial charge in [-0.25, -0.2) is 18.8 Å². The lowest BCUT2D eigenvalue weighted by atomic mass is 9.97. The summed E-state index contributed by atoms with van der Waals surface area (Å²) < 4.78 is 3.03. The second kappa shape index (κ2) is 6.97. The summed E-state index contributed by atoms with van der Waals surface area (Å²) in [6.45, 7) is 7.19. The smallest absolute Gasteiger partial charge is 0.333 e. The number of hydrogen-bond acceptors (Lipinski definition) is 3. The molecule has 0 bridgehead atoms. The molecular weight excluding hydrogens is 330 g/mol. The van der Waals surface area contributed by atoms with Crippen molar-refractivity contribution >= 4 is 6.03 Å². The van der Waals surface area contributed by atoms with E-state index in [2.05, 4.69) is 10.4 Å². The molecule has 0 radical (unpaired) electrons. The molecule has 0 saturated carbocycles. The first kappa shape index (κ1) is 18.2. The summed E-state index contributed by atoms with van der Waals surface area (Å²) in [5.74, 6) is 0.750. The number of aryl methyl sites for hydroxylation is 1. The van der Waals surface area contributed by atoms with Gasteiger partial charge in [0.25, 0.3) is 0 Å². The second-order valence-electron chi connectivity index (χ2n) is 7.90. The topological polar surface area (TPSA) is 72.2 Å². The number of carbonyl (C=O) groups excluding carboxylic acids is 1. The van der Waals surface area contributed by atoms with E-state index < -0.39 is 0 Å². The van der Waals surface area contributed by atoms with Crippen molar-refractivity contribution in [2.24, 2.45) is 7.05 Å². The van der Waals surface area contributed by atoms with Crippen LogP contribution in [0.2, 0.25) is 0 Å². The van der Waals surface area contributed by atoms with Gasteiger partial charge in [-0.15, -0.1) is 0 Å². The van der Waals surface area contributed by atoms with Gasteiger partial charge in [0.15, 0.2) is 0 Å². The van der Waals surface area contributed by atoms with E-state index >= 15 is 0 Å². The predicted molar refractivity (Wildman–Crippen MR) is 101 cm³/mol. The van der Waals surface area contributed by atoms with Crippen LogP contribution in [-0.2, 0) is 7.05 Å². The summed E-state index contributed by atoms with van der Waals surface area (Å²) >= 11 is 0. The Bertz CT molecular complexity index is 832. The van der Waals surface area contributed by atoms with Gasteiger partial charge in [0.1, 0.15) is 5.82 Å². The number of para-hydroxylation sites is 1. The molecule has 1 saturated heterocycles. The first-order valence-electron chi connectivity index (χ1n) is 9.05. The quantitative estimate of drug-likeness (QED) is 0.896. The van der Waals surface area contributed by atoms with Crippen LogP contribution in [-0.4, -0.2) is 43.9 Å². The fraction of sp³-hybridized carbons (Fsp3) is 0.526. The van der Waals surface area contributed by atoms with Gasteiger partial charge in [-0.2, -0.15) is 5.10 Å². The van der Waals surface area contributed by atoms with E-state index in [9.17, 15) is 9.59 Å². The molecule has 1 aromatic carbocycles. The average molecular weight is 357 g/mol. The van der Waals surface area contributed by atoms with E-state index in [4.69, 9.17) is 0 Å². The number of hydrogen-bond donors (Lipinski definition) is 1. The van der Waals surface area contributed by atoms with Crippen LogP contribution in [0.15, 0.2) is 35.1 Å². The molecule has 2 amide bonds. The molecule has 1 aliphatic heterocycles. The summed E-state index contributed by atoms with van der Waals surface area (Å²) in [6, 6.07) is 9.47. The molecule has 1 aliphatic rings. The molecule has 140 valence electrons. The average Bonchev–Trinajstić information content (AvgIpc) is 2.89. The highest BCUT2D eigenvalue weighted by molar-refractivity contribution is 5.75. The zero-order valence-electron chi connectivity index (χ0n) is 15.9. The minimum Gasteiger partial charge on any atom is -0.333 e. The highest BCUT2D eigenvalue weighted by Gasteiger charge is 2.30. The van der Waals surface area contributed by atoms with Crippen LogP contribution >= 0.6 is 0 Å². The van der Waals surface area contributed by atoms with Gasteiger partial charge in [0.2, 0.25) is 0 Å². The number of amides is 2. The summed E-state index contributed by atoms with van der Waals surface area (Å²) in [4.78, 5) is 27.0. The molecule has 1 unspecified atom stereocenters. The normalized spacial score (nSPS) is 18.0. The Kier molecular flexibility index (Phi) is 4.89. The third kappa shape index (κ3) is 3.81. The fourth-order valence-corrected chi connectivity index (χ4v) is 3.34. The zero-order valence-corrected chi connectivity index (χ0v) is 15.9. The molecule has 1 fully saturated rings. The Balaban J connectivity index is 1.89. The van der Waals surface area contributed by atoms with Crippen LogP contribution < -0.4 is 11.0 Å². The molecule has 2 aromatic rings. The summed E-state index contributed by atoms with van der Waals surface area (Å²) in [5, 5.41) is 7.50. The molecule has 7 heteroatoms. The lowest BCUT2D eigenvalue weighted by Gasteiger charge is -2.34. The van der Waals surface area contributed by atoms with Gasteiger partial charge >= 0.3 is 11.7 Å². The number of nitrogens with one attached hydrogen (secondary N) is 1. The molecule has 26 heavy (non-hydrogen) atoms. The molecule has 0 spiro atoms. The number of nitrogens with zero attached hydrogens (tertiary/aromatic N) is 4. The Morgan fingerprint density at radius 3 is 2.58 bits per heavy atom. The van der Waals surface area contributed by atoms with Crippen LogP contribution in [0, 0.1) is 0 Å². The van der Waals surface area contributed by atoms with Crippen molar-refractivity contribution in [1.29, 1.82) is 0 Å². The van der Waals surface area contributed by atoms with Crippen LogP contribution in [0.1, 0.15) is 45.4 Å². The van der Waals surface area contributed by atoms with Crippen molar-refractivity contribution < 1.29 is 4.79 Å². The lowest BCUT2D eigenvalue weighted by molar-refractivity contribution is 0.170. The number of piperidine rings is 1. The number of urea groups is 1. The van der Waals surface area contributed by atoms with Gasteiger partial charge in [0, 0.05) is 31.6 Å². The zero-order chi connectivity index (χ0) is 18.9. The lowest BCUT2D eigenvalue weighted by Crippen LogP contribution is -2.51. The van der Waals surface area contributed by atoms with E-state index in [-0.39, 0.29) is 23.2 Å². The Hall–Kier alpha value is -2.57. The Morgan fingerprint density at radius 2 is 1.92 bits per heavy atom. The van der Waals surface area contributed by atoms with Gasteiger partial charge in [-0.05, 0) is 45.7 Å². The van der Waals surface area contributed by atoms with E-state index in [1.165, 1.54) is 4.68 Å². The second-order valence-corrected chi connectivity index (χ2v) is 7.90. The number of likely N-dealkylation sites (tertiary alicyclic amines) is 1. The molecular formula is C19H27N5O2. The SMILES string of the molecule is Cn1nc(C2CCCN(C(=O)NC(C)(C)C)C2)n(-c2ccccc2)c1=O. The number of carbonyl (C=O) groups is 1. The van der Waals surface area contributed by atoms with Crippen LogP contribution in [0.4, 0.5) is 4.79 Å². The first-order chi connectivity index (χ1) is 12.3. The minimum atomic E-state index is -0.277. The van der Waals surface area contributed by atoms with E-state index in [1.54, 1.807) is 11.6 Å². The maximum absolute atomic E-state index is 12.6. The molecule has 1 aromatic heterocycles. The molecule has 7 nitrogen and oxygen atoms in total. The molecule has 3 rings (SSSR count). The van der Waals surface area contributed by atoms with Gasteiger partial charge in [-0.1, -0.05) is 18.2 Å². The summed E-state index contributed by atoms with van der Waals surface area (Å²) in [7, 11) is 1.66. The molecule has 1 atom stereocenters. The standard InChI is InChI=1S/C19H27N5O2/c1-19(2,3)20-17(25)23-12-8-9-14(13-23)16-21-22(4)18(26)24(16)15-10-6-5-7-11-15/h5-7,10-11,14H,8-9,12-13H2,1-4H3,(H,20,25). The minimum absolute atomic E-state index is 0.0311. The molecule has 2 heterocycles. The van der Waals surface area contributed by atoms with Crippen molar-refractivity contribution in [3.63, 3.8) is 0 Å². The van der Waals surface area contributed by atoms with Crippen LogP contribution in [0.25, 0.3) is 5.69 Å². The first-order valence-corrected chi connectivity index (χ1v) is 9.05. The highest BCUT2D eigenvalue weighted by Crippen LogP contribution is 2.26. The van der Waals surface area contributed by atoms with Crippen LogP contribution in [0.3, 0.4) is 0 Å². The largest absolute Gasteiger partial charge is 0.350 e. The maximum atomic E-state index is 12.6. The monoisotopic (exact) mass is 357 g/mol. The van der Waals surface area contributed by atoms with Crippen molar-refractivity contribution in [3.05, 3.63) is 46.6 Å². The van der Waals surface area contributed by atoms with Crippen LogP contribution in [0.5, 0.6) is 0 Å². The van der Waals surface area contributed by atoms with E-state index in [0.29, 0.717) is 6.54 Å². The van der Waals surface area contributed by atoms with Crippen molar-refractivity contribution in [2.45, 2.75) is 45.1 Å². The van der Waals surface area contributed by atoms with Crippen molar-refractivity contribution in [3.8, 4) is 5.69 Å². The molecule has 1 N–H and O–H groups in total. The fourth-order valence-electron chi connectivity index (χ4n) is 3.34.